The maximum absolute atomic E-state index is 11.4. The molecule has 2 atom stereocenters. The van der Waals surface area contributed by atoms with Gasteiger partial charge in [-0.1, -0.05) is 0 Å². The van der Waals surface area contributed by atoms with Crippen LogP contribution in [0.1, 0.15) is 42.4 Å². The van der Waals surface area contributed by atoms with Crippen LogP contribution in [0, 0.1) is 19.8 Å². The molecule has 3 nitrogen and oxygen atoms in total. The number of carboxylic acid groups (broad SMARTS) is 1. The molecule has 20 heavy (non-hydrogen) atoms. The van der Waals surface area contributed by atoms with E-state index in [2.05, 4.69) is 0 Å². The average molecular weight is 271 g/mol. The van der Waals surface area contributed by atoms with Crippen LogP contribution >= 0.6 is 0 Å². The molecule has 0 amide bonds. The fourth-order valence-electron chi connectivity index (χ4n) is 3.16. The molecule has 1 aromatic rings. The second-order valence-electron chi connectivity index (χ2n) is 5.79. The molecule has 0 heterocycles. The summed E-state index contributed by atoms with van der Waals surface area (Å²) in [5.74, 6) is -1.79. The van der Waals surface area contributed by atoms with Gasteiger partial charge in [-0.05, 0) is 0 Å². The molecule has 4 heteroatoms. The molecule has 105 valence electrons. The summed E-state index contributed by atoms with van der Waals surface area (Å²) in [5, 5.41) is 20.2. The SMILES string of the molecule is [B]=C(c1ccc(C)cc1C)C1(O)CCCCC1C(=O)O. The van der Waals surface area contributed by atoms with Gasteiger partial charge in [-0.25, -0.2) is 0 Å². The summed E-state index contributed by atoms with van der Waals surface area (Å²) in [6.07, 6.45) is 2.49. The van der Waals surface area contributed by atoms with Crippen molar-refractivity contribution < 1.29 is 15.0 Å². The summed E-state index contributed by atoms with van der Waals surface area (Å²) in [4.78, 5) is 11.4. The molecule has 0 spiro atoms. The fourth-order valence-corrected chi connectivity index (χ4v) is 3.16. The minimum atomic E-state index is -1.44. The quantitative estimate of drug-likeness (QED) is 0.827. The van der Waals surface area contributed by atoms with E-state index in [1.54, 1.807) is 0 Å². The van der Waals surface area contributed by atoms with E-state index in [1.165, 1.54) is 0 Å². The summed E-state index contributed by atoms with van der Waals surface area (Å²) in [6.45, 7) is 3.92. The number of carbonyl (C=O) groups is 1. The summed E-state index contributed by atoms with van der Waals surface area (Å²) in [5.41, 5.74) is 1.69. The summed E-state index contributed by atoms with van der Waals surface area (Å²) in [6, 6.07) is 5.78. The van der Waals surface area contributed by atoms with E-state index in [4.69, 9.17) is 7.49 Å². The average Bonchev–Trinajstić information content (AvgIpc) is 2.38. The van der Waals surface area contributed by atoms with Crippen molar-refractivity contribution in [3.63, 3.8) is 0 Å². The Balaban J connectivity index is 2.41. The van der Waals surface area contributed by atoms with E-state index in [9.17, 15) is 15.0 Å². The van der Waals surface area contributed by atoms with Gasteiger partial charge in [-0.2, -0.15) is 0 Å². The summed E-state index contributed by atoms with van der Waals surface area (Å²) in [7, 11) is 6.19. The molecule has 2 N–H and O–H groups in total. The zero-order valence-corrected chi connectivity index (χ0v) is 12.0. The maximum atomic E-state index is 11.4. The summed E-state index contributed by atoms with van der Waals surface area (Å²) < 4.78 is 0. The van der Waals surface area contributed by atoms with Crippen molar-refractivity contribution in [3.8, 4) is 0 Å². The molecule has 1 radical (unpaired) electrons. The van der Waals surface area contributed by atoms with Gasteiger partial charge in [0, 0.05) is 0 Å². The Kier molecular flexibility index (Phi) is 4.14. The third-order valence-electron chi connectivity index (χ3n) is 4.31. The van der Waals surface area contributed by atoms with Gasteiger partial charge >= 0.3 is 120 Å². The monoisotopic (exact) mass is 271 g/mol. The van der Waals surface area contributed by atoms with Gasteiger partial charge in [0.25, 0.3) is 0 Å². The molecule has 2 rings (SSSR count). The number of carboxylic acids is 1. The van der Waals surface area contributed by atoms with Crippen molar-refractivity contribution in [2.75, 3.05) is 0 Å². The Morgan fingerprint density at radius 1 is 1.35 bits per heavy atom. The first-order valence-electron chi connectivity index (χ1n) is 7.02. The second-order valence-corrected chi connectivity index (χ2v) is 5.79. The third kappa shape index (κ3) is 2.57. The van der Waals surface area contributed by atoms with E-state index in [1.807, 2.05) is 32.0 Å². The molecule has 1 aliphatic rings. The van der Waals surface area contributed by atoms with Crippen molar-refractivity contribution >= 4 is 18.9 Å². The predicted molar refractivity (Wildman–Crippen MR) is 80.3 cm³/mol. The molecule has 2 unspecified atom stereocenters. The standard InChI is InChI=1S/C16H20BO3/c1-10-6-7-12(11(2)9-10)14(17)16(20)8-4-3-5-13(16)15(18)19/h6-7,9,13,20H,3-5,8H2,1-2H3,(H,18,19). The predicted octanol–water partition coefficient (Wildman–Crippen LogP) is 2.00. The van der Waals surface area contributed by atoms with Gasteiger partial charge in [-0.15, -0.1) is 0 Å². The van der Waals surface area contributed by atoms with Crippen LogP contribution in [0.15, 0.2) is 18.2 Å². The van der Waals surface area contributed by atoms with Crippen LogP contribution in [0.25, 0.3) is 0 Å². The van der Waals surface area contributed by atoms with Gasteiger partial charge in [-0.3, -0.25) is 0 Å². The molecule has 1 aromatic carbocycles. The Hall–Kier alpha value is -1.42. The van der Waals surface area contributed by atoms with Crippen molar-refractivity contribution in [1.82, 2.24) is 0 Å². The molecule has 0 aliphatic heterocycles. The Bertz CT molecular complexity index is 553. The molecular formula is C16H20BO3. The van der Waals surface area contributed by atoms with Gasteiger partial charge in [0.15, 0.2) is 0 Å². The molecule has 0 saturated heterocycles. The van der Waals surface area contributed by atoms with E-state index < -0.39 is 17.5 Å². The van der Waals surface area contributed by atoms with Crippen molar-refractivity contribution in [2.24, 2.45) is 5.92 Å². The number of rotatable bonds is 3. The van der Waals surface area contributed by atoms with Crippen molar-refractivity contribution in [3.05, 3.63) is 34.9 Å². The van der Waals surface area contributed by atoms with Crippen LogP contribution < -0.4 is 0 Å². The Morgan fingerprint density at radius 2 is 2.05 bits per heavy atom. The number of hydrogen-bond acceptors (Lipinski definition) is 2. The van der Waals surface area contributed by atoms with Crippen LogP contribution in [0.2, 0.25) is 0 Å². The van der Waals surface area contributed by atoms with Crippen molar-refractivity contribution in [1.29, 1.82) is 0 Å². The normalized spacial score (nSPS) is 26.2. The summed E-state index contributed by atoms with van der Waals surface area (Å²) >= 11 is 0. The molecule has 1 fully saturated rings. The van der Waals surface area contributed by atoms with Crippen LogP contribution in [0.4, 0.5) is 0 Å². The van der Waals surface area contributed by atoms with Crippen LogP contribution in [-0.4, -0.2) is 34.7 Å². The van der Waals surface area contributed by atoms with Gasteiger partial charge < -0.3 is 0 Å². The zero-order chi connectivity index (χ0) is 14.9. The Morgan fingerprint density at radius 3 is 2.65 bits per heavy atom. The first-order chi connectivity index (χ1) is 9.36. The number of benzene rings is 1. The topological polar surface area (TPSA) is 57.5 Å². The van der Waals surface area contributed by atoms with E-state index in [0.717, 1.165) is 29.5 Å². The minimum absolute atomic E-state index is 0.294. The number of aryl methyl sites for hydroxylation is 2. The second kappa shape index (κ2) is 5.53. The number of hydrogen-bond donors (Lipinski definition) is 2. The Labute approximate surface area is 120 Å². The molecule has 1 saturated carbocycles. The van der Waals surface area contributed by atoms with E-state index in [-0.39, 0.29) is 0 Å². The van der Waals surface area contributed by atoms with Crippen molar-refractivity contribution in [2.45, 2.75) is 45.1 Å². The first kappa shape index (κ1) is 15.0. The van der Waals surface area contributed by atoms with Gasteiger partial charge in [0.1, 0.15) is 0 Å². The van der Waals surface area contributed by atoms with E-state index in [0.29, 0.717) is 18.3 Å². The van der Waals surface area contributed by atoms with Crippen LogP contribution in [0.3, 0.4) is 0 Å². The zero-order valence-electron chi connectivity index (χ0n) is 12.0. The molecule has 0 aromatic heterocycles. The third-order valence-corrected chi connectivity index (χ3v) is 4.31. The molecule has 0 bridgehead atoms. The van der Waals surface area contributed by atoms with Crippen LogP contribution in [-0.2, 0) is 4.79 Å². The number of aliphatic hydroxyl groups is 1. The van der Waals surface area contributed by atoms with Gasteiger partial charge in [0.05, 0.1) is 0 Å². The van der Waals surface area contributed by atoms with Crippen LogP contribution in [0.5, 0.6) is 0 Å². The van der Waals surface area contributed by atoms with E-state index >= 15 is 0 Å². The number of aliphatic carboxylic acids is 1. The molecule has 1 aliphatic carbocycles. The first-order valence-corrected chi connectivity index (χ1v) is 7.02. The molecular weight excluding hydrogens is 251 g/mol. The fraction of sp³-hybridized carbons (Fsp3) is 0.500. The van der Waals surface area contributed by atoms with Gasteiger partial charge in [0.2, 0.25) is 0 Å².